The lowest BCUT2D eigenvalue weighted by molar-refractivity contribution is 0.102. The van der Waals surface area contributed by atoms with E-state index in [0.29, 0.717) is 22.9 Å². The highest BCUT2D eigenvalue weighted by Crippen LogP contribution is 2.37. The lowest BCUT2D eigenvalue weighted by Crippen LogP contribution is -2.22. The predicted molar refractivity (Wildman–Crippen MR) is 123 cm³/mol. The van der Waals surface area contributed by atoms with Gasteiger partial charge in [0, 0.05) is 24.1 Å². The van der Waals surface area contributed by atoms with Crippen LogP contribution in [0.2, 0.25) is 0 Å². The normalized spacial score (nSPS) is 18.5. The van der Waals surface area contributed by atoms with Crippen molar-refractivity contribution in [2.24, 2.45) is 11.3 Å². The molecule has 5 heteroatoms. The maximum Gasteiger partial charge on any atom is 0.257 e. The molecule has 0 bridgehead atoms. The van der Waals surface area contributed by atoms with Crippen molar-refractivity contribution in [1.29, 1.82) is 0 Å². The molecular weight excluding hydrogens is 386 g/mol. The molecule has 2 N–H and O–H groups in total. The van der Waals surface area contributed by atoms with Gasteiger partial charge >= 0.3 is 0 Å². The molecule has 0 aliphatic carbocycles. The molecule has 0 saturated carbocycles. The maximum absolute atomic E-state index is 12.8. The number of nitrogens with one attached hydrogen (secondary N) is 2. The summed E-state index contributed by atoms with van der Waals surface area (Å²) in [5.74, 6) is 1.92. The number of pyridine rings is 1. The van der Waals surface area contributed by atoms with Gasteiger partial charge in [0.15, 0.2) is 0 Å². The molecule has 4 rings (SSSR count). The summed E-state index contributed by atoms with van der Waals surface area (Å²) in [5, 5.41) is 6.53. The van der Waals surface area contributed by atoms with E-state index in [1.165, 1.54) is 0 Å². The van der Waals surface area contributed by atoms with Gasteiger partial charge in [-0.05, 0) is 72.3 Å². The third-order valence-electron chi connectivity index (χ3n) is 5.87. The molecular formula is C26H29N3O2. The molecule has 3 aromatic rings. The van der Waals surface area contributed by atoms with Crippen LogP contribution in [0.25, 0.3) is 0 Å². The molecule has 1 aromatic heterocycles. The molecule has 1 fully saturated rings. The van der Waals surface area contributed by atoms with Crippen molar-refractivity contribution in [3.05, 3.63) is 84.2 Å². The zero-order valence-corrected chi connectivity index (χ0v) is 18.3. The monoisotopic (exact) mass is 415 g/mol. The van der Waals surface area contributed by atoms with Crippen LogP contribution in [0.5, 0.6) is 11.5 Å². The Morgan fingerprint density at radius 2 is 1.74 bits per heavy atom. The number of carbonyl (C=O) groups is 1. The van der Waals surface area contributed by atoms with Crippen LogP contribution in [0.1, 0.15) is 49.2 Å². The van der Waals surface area contributed by atoms with Crippen LogP contribution in [-0.2, 0) is 0 Å². The Labute approximate surface area is 183 Å². The number of carbonyl (C=O) groups excluding carboxylic acids is 1. The standard InChI is InChI=1S/C26H29N3O2/c1-26(2,3)20-14-24(28-17-20)18-13-19(16-27-15-18)25(30)29-21-9-11-23(12-10-21)31-22-7-5-4-6-8-22/h4-13,15-16,20,24,28H,14,17H2,1-3H3,(H,29,30)/t20-,24?/m0/s1. The van der Waals surface area contributed by atoms with Crippen molar-refractivity contribution in [1.82, 2.24) is 10.3 Å². The Kier molecular flexibility index (Phi) is 6.05. The first-order valence-corrected chi connectivity index (χ1v) is 10.7. The van der Waals surface area contributed by atoms with Crippen LogP contribution in [0.4, 0.5) is 5.69 Å². The van der Waals surface area contributed by atoms with Crippen molar-refractivity contribution < 1.29 is 9.53 Å². The summed E-state index contributed by atoms with van der Waals surface area (Å²) in [6.07, 6.45) is 4.52. The highest BCUT2D eigenvalue weighted by molar-refractivity contribution is 6.04. The molecule has 5 nitrogen and oxygen atoms in total. The average Bonchev–Trinajstić information content (AvgIpc) is 3.27. The fraction of sp³-hybridized carbons (Fsp3) is 0.308. The summed E-state index contributed by atoms with van der Waals surface area (Å²) < 4.78 is 5.80. The lowest BCUT2D eigenvalue weighted by atomic mass is 9.79. The van der Waals surface area contributed by atoms with E-state index in [0.717, 1.165) is 24.3 Å². The number of hydrogen-bond acceptors (Lipinski definition) is 4. The zero-order valence-electron chi connectivity index (χ0n) is 18.3. The first-order valence-electron chi connectivity index (χ1n) is 10.7. The quantitative estimate of drug-likeness (QED) is 0.551. The SMILES string of the molecule is CC(C)(C)[C@@H]1CNC(c2cncc(C(=O)Nc3ccc(Oc4ccccc4)cc3)c2)C1. The second-order valence-corrected chi connectivity index (χ2v) is 9.16. The molecule has 1 saturated heterocycles. The van der Waals surface area contributed by atoms with E-state index in [-0.39, 0.29) is 17.4 Å². The largest absolute Gasteiger partial charge is 0.457 e. The first kappa shape index (κ1) is 21.1. The molecule has 2 heterocycles. The second kappa shape index (κ2) is 8.90. The Hall–Kier alpha value is -3.18. The summed E-state index contributed by atoms with van der Waals surface area (Å²) >= 11 is 0. The van der Waals surface area contributed by atoms with Crippen molar-refractivity contribution >= 4 is 11.6 Å². The van der Waals surface area contributed by atoms with E-state index in [1.807, 2.05) is 66.9 Å². The summed E-state index contributed by atoms with van der Waals surface area (Å²) in [6, 6.07) is 19.1. The van der Waals surface area contributed by atoms with Gasteiger partial charge < -0.3 is 15.4 Å². The summed E-state index contributed by atoms with van der Waals surface area (Å²) in [7, 11) is 0. The number of nitrogens with zero attached hydrogens (tertiary/aromatic N) is 1. The van der Waals surface area contributed by atoms with E-state index >= 15 is 0 Å². The van der Waals surface area contributed by atoms with Crippen LogP contribution in [0, 0.1) is 11.3 Å². The van der Waals surface area contributed by atoms with Crippen LogP contribution in [0.3, 0.4) is 0 Å². The number of para-hydroxylation sites is 1. The van der Waals surface area contributed by atoms with E-state index in [9.17, 15) is 4.79 Å². The molecule has 0 radical (unpaired) electrons. The predicted octanol–water partition coefficient (Wildman–Crippen LogP) is 5.82. The highest BCUT2D eigenvalue weighted by Gasteiger charge is 2.33. The Balaban J connectivity index is 1.39. The van der Waals surface area contributed by atoms with Crippen LogP contribution >= 0.6 is 0 Å². The van der Waals surface area contributed by atoms with Crippen molar-refractivity contribution in [3.63, 3.8) is 0 Å². The van der Waals surface area contributed by atoms with Gasteiger partial charge in [-0.2, -0.15) is 0 Å². The van der Waals surface area contributed by atoms with E-state index in [1.54, 1.807) is 6.20 Å². The van der Waals surface area contributed by atoms with Gasteiger partial charge in [0.05, 0.1) is 5.56 Å². The van der Waals surface area contributed by atoms with E-state index in [4.69, 9.17) is 4.74 Å². The number of amides is 1. The highest BCUT2D eigenvalue weighted by atomic mass is 16.5. The first-order chi connectivity index (χ1) is 14.9. The molecule has 2 atom stereocenters. The molecule has 1 amide bonds. The number of benzene rings is 2. The molecule has 1 aliphatic heterocycles. The molecule has 0 spiro atoms. The molecule has 31 heavy (non-hydrogen) atoms. The molecule has 2 aromatic carbocycles. The number of rotatable bonds is 5. The van der Waals surface area contributed by atoms with Gasteiger partial charge in [-0.3, -0.25) is 9.78 Å². The summed E-state index contributed by atoms with van der Waals surface area (Å²) in [6.45, 7) is 7.82. The van der Waals surface area contributed by atoms with Gasteiger partial charge in [-0.15, -0.1) is 0 Å². The van der Waals surface area contributed by atoms with Gasteiger partial charge in [0.2, 0.25) is 0 Å². The molecule has 1 aliphatic rings. The minimum atomic E-state index is -0.170. The van der Waals surface area contributed by atoms with Crippen molar-refractivity contribution in [3.8, 4) is 11.5 Å². The van der Waals surface area contributed by atoms with E-state index in [2.05, 4.69) is 36.4 Å². The van der Waals surface area contributed by atoms with Gasteiger partial charge in [0.1, 0.15) is 11.5 Å². The number of hydrogen-bond donors (Lipinski definition) is 2. The smallest absolute Gasteiger partial charge is 0.257 e. The van der Waals surface area contributed by atoms with E-state index < -0.39 is 0 Å². The van der Waals surface area contributed by atoms with Crippen molar-refractivity contribution in [2.75, 3.05) is 11.9 Å². The Bertz CT molecular complexity index is 1030. The lowest BCUT2D eigenvalue weighted by Gasteiger charge is -2.26. The van der Waals surface area contributed by atoms with Crippen LogP contribution in [-0.4, -0.2) is 17.4 Å². The number of ether oxygens (including phenoxy) is 1. The third kappa shape index (κ3) is 5.30. The molecule has 1 unspecified atom stereocenters. The zero-order chi connectivity index (χ0) is 21.8. The topological polar surface area (TPSA) is 63.2 Å². The van der Waals surface area contributed by atoms with Gasteiger partial charge in [-0.25, -0.2) is 0 Å². The fourth-order valence-corrected chi connectivity index (χ4v) is 3.86. The number of anilines is 1. The molecule has 160 valence electrons. The maximum atomic E-state index is 12.8. The summed E-state index contributed by atoms with van der Waals surface area (Å²) in [4.78, 5) is 17.1. The third-order valence-corrected chi connectivity index (χ3v) is 5.87. The minimum Gasteiger partial charge on any atom is -0.457 e. The minimum absolute atomic E-state index is 0.170. The second-order valence-electron chi connectivity index (χ2n) is 9.16. The number of aromatic nitrogens is 1. The van der Waals surface area contributed by atoms with Crippen molar-refractivity contribution in [2.45, 2.75) is 33.2 Å². The van der Waals surface area contributed by atoms with Gasteiger partial charge in [-0.1, -0.05) is 39.0 Å². The summed E-state index contributed by atoms with van der Waals surface area (Å²) in [5.41, 5.74) is 2.59. The Morgan fingerprint density at radius 1 is 1.03 bits per heavy atom. The fourth-order valence-electron chi connectivity index (χ4n) is 3.86. The van der Waals surface area contributed by atoms with Gasteiger partial charge in [0.25, 0.3) is 5.91 Å². The average molecular weight is 416 g/mol. The van der Waals surface area contributed by atoms with Crippen LogP contribution < -0.4 is 15.4 Å². The van der Waals surface area contributed by atoms with Crippen LogP contribution in [0.15, 0.2) is 73.1 Å². The Morgan fingerprint density at radius 3 is 2.42 bits per heavy atom.